The van der Waals surface area contributed by atoms with Gasteiger partial charge in [-0.05, 0) is 141 Å². The molecule has 0 amide bonds. The Morgan fingerprint density at radius 1 is 0.253 bits per heavy atom. The second-order valence-electron chi connectivity index (χ2n) is 22.7. The van der Waals surface area contributed by atoms with Crippen LogP contribution < -0.4 is 0 Å². The molecule has 0 aliphatic rings. The molecular weight excluding hydrogens is 1020 g/mol. The largest absolute Gasteiger partial charge is 0.462 e. The van der Waals surface area contributed by atoms with Crippen LogP contribution in [0.3, 0.4) is 0 Å². The Morgan fingerprint density at radius 3 is 0.759 bits per heavy atom. The fraction of sp³-hybridized carbons (Fsp3) is 0.675. The Morgan fingerprint density at radius 2 is 0.470 bits per heavy atom. The topological polar surface area (TPSA) is 78.9 Å². The maximum Gasteiger partial charge on any atom is 0.306 e. The first-order chi connectivity index (χ1) is 41.0. The first-order valence-corrected chi connectivity index (χ1v) is 34.7. The zero-order chi connectivity index (χ0) is 59.9. The maximum atomic E-state index is 12.9. The monoisotopic (exact) mass is 1150 g/mol. The minimum absolute atomic E-state index is 0.0915. The molecule has 0 rings (SSSR count). The minimum atomic E-state index is -0.797. The molecule has 472 valence electrons. The standard InChI is InChI=1S/C77H128O6/c1-4-7-10-13-16-19-22-25-27-29-31-33-34-35-36-37-38-39-40-41-42-44-45-47-49-52-55-58-61-64-67-70-76(79)82-73-74(72-81-75(78)69-66-63-60-57-54-51-24-21-18-15-12-9-6-3)83-77(80)71-68-65-62-59-56-53-50-48-46-43-32-30-28-26-23-20-17-14-11-8-5-2/h7,10,16,19,21,23-27,30-33,35-36,38-39,41-42,46,48,74H,4-6,8-9,11-15,17-18,20,22,28-29,34,37,40,43-45,47,49-73H2,1-3H3/b10-7-,19-16-,24-21-,26-23-,27-25-,32-30-,33-31-,36-35-,39-38-,42-41-,48-46-. The molecule has 1 atom stereocenters. The van der Waals surface area contributed by atoms with Crippen molar-refractivity contribution in [3.8, 4) is 0 Å². The van der Waals surface area contributed by atoms with E-state index in [1.165, 1.54) is 135 Å². The number of unbranched alkanes of at least 4 members (excludes halogenated alkanes) is 29. The van der Waals surface area contributed by atoms with Crippen molar-refractivity contribution in [3.05, 3.63) is 134 Å². The summed E-state index contributed by atoms with van der Waals surface area (Å²) in [7, 11) is 0. The third-order valence-corrected chi connectivity index (χ3v) is 14.6. The Balaban J connectivity index is 4.34. The summed E-state index contributed by atoms with van der Waals surface area (Å²) in [5.74, 6) is -0.912. The summed E-state index contributed by atoms with van der Waals surface area (Å²) in [4.78, 5) is 38.4. The van der Waals surface area contributed by atoms with Crippen LogP contribution in [0.5, 0.6) is 0 Å². The van der Waals surface area contributed by atoms with Crippen molar-refractivity contribution in [2.75, 3.05) is 13.2 Å². The lowest BCUT2D eigenvalue weighted by Crippen LogP contribution is -2.30. The Hall–Kier alpha value is -4.45. The minimum Gasteiger partial charge on any atom is -0.462 e. The van der Waals surface area contributed by atoms with Gasteiger partial charge in [0, 0.05) is 19.3 Å². The van der Waals surface area contributed by atoms with Gasteiger partial charge in [0.2, 0.25) is 0 Å². The van der Waals surface area contributed by atoms with Crippen molar-refractivity contribution in [2.45, 2.75) is 322 Å². The molecule has 0 aliphatic heterocycles. The third kappa shape index (κ3) is 68.2. The number of ether oxygens (including phenoxy) is 3. The molecule has 0 saturated heterocycles. The van der Waals surface area contributed by atoms with E-state index in [2.05, 4.69) is 154 Å². The van der Waals surface area contributed by atoms with Crippen molar-refractivity contribution in [3.63, 3.8) is 0 Å². The summed E-state index contributed by atoms with van der Waals surface area (Å²) >= 11 is 0. The van der Waals surface area contributed by atoms with Gasteiger partial charge >= 0.3 is 17.9 Å². The zero-order valence-corrected chi connectivity index (χ0v) is 54.2. The van der Waals surface area contributed by atoms with Crippen LogP contribution in [-0.4, -0.2) is 37.2 Å². The molecule has 0 aromatic rings. The van der Waals surface area contributed by atoms with E-state index < -0.39 is 6.10 Å². The van der Waals surface area contributed by atoms with Gasteiger partial charge in [0.1, 0.15) is 13.2 Å². The van der Waals surface area contributed by atoms with Crippen LogP contribution in [0.2, 0.25) is 0 Å². The third-order valence-electron chi connectivity index (χ3n) is 14.6. The van der Waals surface area contributed by atoms with Crippen molar-refractivity contribution >= 4 is 17.9 Å². The van der Waals surface area contributed by atoms with Gasteiger partial charge in [-0.25, -0.2) is 0 Å². The summed E-state index contributed by atoms with van der Waals surface area (Å²) in [6.07, 6.45) is 98.9. The molecule has 0 radical (unpaired) electrons. The number of hydrogen-bond acceptors (Lipinski definition) is 6. The summed E-state index contributed by atoms with van der Waals surface area (Å²) < 4.78 is 16.9. The van der Waals surface area contributed by atoms with Crippen LogP contribution >= 0.6 is 0 Å². The lowest BCUT2D eigenvalue weighted by Gasteiger charge is -2.18. The van der Waals surface area contributed by atoms with Crippen molar-refractivity contribution in [2.24, 2.45) is 0 Å². The highest BCUT2D eigenvalue weighted by Gasteiger charge is 2.19. The van der Waals surface area contributed by atoms with E-state index in [0.717, 1.165) is 141 Å². The molecule has 0 N–H and O–H groups in total. The van der Waals surface area contributed by atoms with Gasteiger partial charge in [-0.15, -0.1) is 0 Å². The molecule has 0 fully saturated rings. The molecule has 0 saturated carbocycles. The SMILES string of the molecule is CC/C=C\C/C=C\C/C=C\C/C=C\C/C=C\C/C=C\C/C=C\CCCCCCCCCCCC(=O)OCC(COC(=O)CCCCCCC/C=C\CCCCCC)OC(=O)CCCCCCCC/C=C\C/C=C\C/C=C\CCCCCCC. The fourth-order valence-electron chi connectivity index (χ4n) is 9.43. The summed E-state index contributed by atoms with van der Waals surface area (Å²) in [6, 6.07) is 0. The Kier molecular flexibility index (Phi) is 66.3. The van der Waals surface area contributed by atoms with Gasteiger partial charge in [-0.1, -0.05) is 289 Å². The Bertz CT molecular complexity index is 1750. The van der Waals surface area contributed by atoms with E-state index in [1.54, 1.807) is 0 Å². The summed E-state index contributed by atoms with van der Waals surface area (Å²) in [5.41, 5.74) is 0. The molecule has 1 unspecified atom stereocenters. The molecule has 6 nitrogen and oxygen atoms in total. The van der Waals surface area contributed by atoms with E-state index >= 15 is 0 Å². The van der Waals surface area contributed by atoms with Crippen LogP contribution in [0.25, 0.3) is 0 Å². The van der Waals surface area contributed by atoms with Crippen LogP contribution in [0.15, 0.2) is 134 Å². The van der Waals surface area contributed by atoms with E-state index in [0.29, 0.717) is 19.3 Å². The average molecular weight is 1150 g/mol. The summed E-state index contributed by atoms with van der Waals surface area (Å²) in [5, 5.41) is 0. The molecule has 6 heteroatoms. The Labute approximate surface area is 513 Å². The lowest BCUT2D eigenvalue weighted by atomic mass is 10.1. The van der Waals surface area contributed by atoms with Gasteiger partial charge in [-0.2, -0.15) is 0 Å². The molecule has 0 aromatic heterocycles. The van der Waals surface area contributed by atoms with Crippen LogP contribution in [0.1, 0.15) is 316 Å². The van der Waals surface area contributed by atoms with Crippen molar-refractivity contribution < 1.29 is 28.6 Å². The fourth-order valence-corrected chi connectivity index (χ4v) is 9.43. The predicted octanol–water partition coefficient (Wildman–Crippen LogP) is 24.1. The first-order valence-electron chi connectivity index (χ1n) is 34.7. The summed E-state index contributed by atoms with van der Waals surface area (Å²) in [6.45, 7) is 6.49. The van der Waals surface area contributed by atoms with Gasteiger partial charge in [0.05, 0.1) is 0 Å². The van der Waals surface area contributed by atoms with Crippen LogP contribution in [0.4, 0.5) is 0 Å². The number of hydrogen-bond donors (Lipinski definition) is 0. The smallest absolute Gasteiger partial charge is 0.306 e. The highest BCUT2D eigenvalue weighted by molar-refractivity contribution is 5.71. The quantitative estimate of drug-likeness (QED) is 0.0261. The molecule has 0 bridgehead atoms. The van der Waals surface area contributed by atoms with Gasteiger partial charge in [-0.3, -0.25) is 14.4 Å². The number of carbonyl (C=O) groups excluding carboxylic acids is 3. The molecule has 83 heavy (non-hydrogen) atoms. The highest BCUT2D eigenvalue weighted by Crippen LogP contribution is 2.15. The van der Waals surface area contributed by atoms with Gasteiger partial charge < -0.3 is 14.2 Å². The molecule has 0 heterocycles. The molecular formula is C77H128O6. The van der Waals surface area contributed by atoms with E-state index in [1.807, 2.05) is 0 Å². The van der Waals surface area contributed by atoms with Gasteiger partial charge in [0.15, 0.2) is 6.10 Å². The molecule has 0 aliphatic carbocycles. The number of rotatable bonds is 62. The predicted molar refractivity (Wildman–Crippen MR) is 362 cm³/mol. The maximum absolute atomic E-state index is 12.9. The molecule has 0 aromatic carbocycles. The van der Waals surface area contributed by atoms with E-state index in [-0.39, 0.29) is 31.1 Å². The molecule has 0 spiro atoms. The second kappa shape index (κ2) is 70.0. The van der Waals surface area contributed by atoms with Crippen molar-refractivity contribution in [1.82, 2.24) is 0 Å². The average Bonchev–Trinajstić information content (AvgIpc) is 3.49. The lowest BCUT2D eigenvalue weighted by molar-refractivity contribution is -0.167. The van der Waals surface area contributed by atoms with E-state index in [9.17, 15) is 14.4 Å². The van der Waals surface area contributed by atoms with Gasteiger partial charge in [0.25, 0.3) is 0 Å². The number of carbonyl (C=O) groups is 3. The second-order valence-corrected chi connectivity index (χ2v) is 22.7. The van der Waals surface area contributed by atoms with Crippen LogP contribution in [0, 0.1) is 0 Å². The highest BCUT2D eigenvalue weighted by atomic mass is 16.6. The number of allylic oxidation sites excluding steroid dienone is 22. The van der Waals surface area contributed by atoms with Crippen molar-refractivity contribution in [1.29, 1.82) is 0 Å². The first kappa shape index (κ1) is 78.5. The zero-order valence-electron chi connectivity index (χ0n) is 54.2. The number of esters is 3. The van der Waals surface area contributed by atoms with Crippen LogP contribution in [-0.2, 0) is 28.6 Å². The van der Waals surface area contributed by atoms with E-state index in [4.69, 9.17) is 14.2 Å². The normalized spacial score (nSPS) is 13.0.